The average molecular weight is 403 g/mol. The molecule has 0 saturated carbocycles. The topological polar surface area (TPSA) is 66.5 Å². The third-order valence-corrected chi connectivity index (χ3v) is 6.38. The van der Waals surface area contributed by atoms with Gasteiger partial charge in [-0.1, -0.05) is 39.0 Å². The molecule has 0 spiro atoms. The van der Waals surface area contributed by atoms with Gasteiger partial charge in [0.25, 0.3) is 5.91 Å². The molecule has 28 heavy (non-hydrogen) atoms. The van der Waals surface area contributed by atoms with Crippen LogP contribution in [0.3, 0.4) is 0 Å². The fraction of sp³-hybridized carbons (Fsp3) is 0.409. The Hall–Kier alpha value is -2.18. The molecule has 0 fully saturated rings. The van der Waals surface area contributed by atoms with Crippen molar-refractivity contribution in [3.63, 3.8) is 0 Å². The van der Waals surface area contributed by atoms with Crippen molar-refractivity contribution in [2.45, 2.75) is 51.5 Å². The van der Waals surface area contributed by atoms with Gasteiger partial charge in [0.1, 0.15) is 0 Å². The molecule has 0 aliphatic carbocycles. The number of nitrogens with zero attached hydrogens (tertiary/aromatic N) is 1. The second-order valence-corrected chi connectivity index (χ2v) is 10.1. The summed E-state index contributed by atoms with van der Waals surface area (Å²) in [6.07, 6.45) is 0. The number of carbonyl (C=O) groups is 1. The van der Waals surface area contributed by atoms with E-state index >= 15 is 0 Å². The summed E-state index contributed by atoms with van der Waals surface area (Å²) in [5, 5.41) is 0. The van der Waals surface area contributed by atoms with Crippen molar-refractivity contribution in [3.8, 4) is 0 Å². The summed E-state index contributed by atoms with van der Waals surface area (Å²) in [6, 6.07) is 10.8. The maximum absolute atomic E-state index is 13.0. The molecule has 1 N–H and O–H groups in total. The van der Waals surface area contributed by atoms with E-state index in [1.807, 2.05) is 13.8 Å². The van der Waals surface area contributed by atoms with Crippen molar-refractivity contribution in [2.24, 2.45) is 0 Å². The SMILES string of the molecule is Cc1cc(C(C)(C)C)cc(S(=O)(=O)NCc2ccc(C(=O)N(C)C)cc2)c1C. The van der Waals surface area contributed by atoms with E-state index in [4.69, 9.17) is 0 Å². The Balaban J connectivity index is 2.25. The monoisotopic (exact) mass is 402 g/mol. The van der Waals surface area contributed by atoms with Gasteiger partial charge < -0.3 is 4.90 Å². The second kappa shape index (κ2) is 8.05. The third kappa shape index (κ3) is 5.00. The van der Waals surface area contributed by atoms with Crippen LogP contribution in [0.5, 0.6) is 0 Å². The van der Waals surface area contributed by atoms with Crippen LogP contribution in [0.2, 0.25) is 0 Å². The van der Waals surface area contributed by atoms with Crippen molar-refractivity contribution < 1.29 is 13.2 Å². The Bertz CT molecular complexity index is 970. The van der Waals surface area contributed by atoms with Gasteiger partial charge in [0.05, 0.1) is 4.90 Å². The van der Waals surface area contributed by atoms with Gasteiger partial charge in [-0.2, -0.15) is 0 Å². The van der Waals surface area contributed by atoms with Gasteiger partial charge in [-0.3, -0.25) is 4.79 Å². The molecule has 152 valence electrons. The number of benzene rings is 2. The normalized spacial score (nSPS) is 12.1. The quantitative estimate of drug-likeness (QED) is 0.828. The number of rotatable bonds is 5. The first-order valence-electron chi connectivity index (χ1n) is 9.25. The second-order valence-electron chi connectivity index (χ2n) is 8.39. The molecule has 0 saturated heterocycles. The predicted molar refractivity (Wildman–Crippen MR) is 113 cm³/mol. The summed E-state index contributed by atoms with van der Waals surface area (Å²) in [5.41, 5.74) is 3.92. The van der Waals surface area contributed by atoms with Crippen molar-refractivity contribution >= 4 is 15.9 Å². The maximum atomic E-state index is 13.0. The van der Waals surface area contributed by atoms with Crippen LogP contribution < -0.4 is 4.72 Å². The highest BCUT2D eigenvalue weighted by molar-refractivity contribution is 7.89. The molecule has 6 heteroatoms. The molecule has 0 heterocycles. The molecule has 2 aromatic carbocycles. The lowest BCUT2D eigenvalue weighted by Gasteiger charge is -2.22. The number of carbonyl (C=O) groups excluding carboxylic acids is 1. The van der Waals surface area contributed by atoms with Crippen LogP contribution in [0.15, 0.2) is 41.3 Å². The van der Waals surface area contributed by atoms with E-state index in [0.29, 0.717) is 10.5 Å². The molecule has 0 radical (unpaired) electrons. The van der Waals surface area contributed by atoms with Crippen LogP contribution in [0.1, 0.15) is 53.4 Å². The summed E-state index contributed by atoms with van der Waals surface area (Å²) in [7, 11) is -0.270. The lowest BCUT2D eigenvalue weighted by atomic mass is 9.85. The summed E-state index contributed by atoms with van der Waals surface area (Å²) in [4.78, 5) is 13.8. The summed E-state index contributed by atoms with van der Waals surface area (Å²) in [5.74, 6) is -0.0859. The molecule has 0 aliphatic heterocycles. The maximum Gasteiger partial charge on any atom is 0.253 e. The van der Waals surface area contributed by atoms with Gasteiger partial charge in [-0.15, -0.1) is 0 Å². The van der Waals surface area contributed by atoms with Crippen LogP contribution in [-0.4, -0.2) is 33.3 Å². The summed E-state index contributed by atoms with van der Waals surface area (Å²) >= 11 is 0. The fourth-order valence-electron chi connectivity index (χ4n) is 2.82. The number of sulfonamides is 1. The first-order valence-corrected chi connectivity index (χ1v) is 10.7. The Morgan fingerprint density at radius 1 is 1.04 bits per heavy atom. The van der Waals surface area contributed by atoms with Gasteiger partial charge in [0.2, 0.25) is 10.0 Å². The predicted octanol–water partition coefficient (Wildman–Crippen LogP) is 3.78. The molecule has 2 aromatic rings. The molecule has 1 amide bonds. The standard InChI is InChI=1S/C22H30N2O3S/c1-15-12-19(22(3,4)5)13-20(16(15)2)28(26,27)23-14-17-8-10-18(11-9-17)21(25)24(6)7/h8-13,23H,14H2,1-7H3. The molecular formula is C22H30N2O3S. The molecule has 0 bridgehead atoms. The third-order valence-electron chi connectivity index (χ3n) is 4.85. The zero-order valence-electron chi connectivity index (χ0n) is 17.8. The van der Waals surface area contributed by atoms with Crippen molar-refractivity contribution in [1.29, 1.82) is 0 Å². The Morgan fingerprint density at radius 2 is 1.61 bits per heavy atom. The minimum atomic E-state index is -3.66. The van der Waals surface area contributed by atoms with E-state index in [9.17, 15) is 13.2 Å². The number of nitrogens with one attached hydrogen (secondary N) is 1. The first kappa shape index (κ1) is 22.1. The minimum Gasteiger partial charge on any atom is -0.345 e. The van der Waals surface area contributed by atoms with E-state index < -0.39 is 10.0 Å². The summed E-state index contributed by atoms with van der Waals surface area (Å²) < 4.78 is 28.6. The highest BCUT2D eigenvalue weighted by atomic mass is 32.2. The van der Waals surface area contributed by atoms with Crippen molar-refractivity contribution in [3.05, 3.63) is 64.2 Å². The molecule has 2 rings (SSSR count). The molecule has 5 nitrogen and oxygen atoms in total. The van der Waals surface area contributed by atoms with Gasteiger partial charge >= 0.3 is 0 Å². The van der Waals surface area contributed by atoms with Gasteiger partial charge in [0.15, 0.2) is 0 Å². The number of hydrogen-bond acceptors (Lipinski definition) is 3. The van der Waals surface area contributed by atoms with E-state index in [-0.39, 0.29) is 17.9 Å². The molecular weight excluding hydrogens is 372 g/mol. The van der Waals surface area contributed by atoms with E-state index in [1.165, 1.54) is 4.90 Å². The lowest BCUT2D eigenvalue weighted by Crippen LogP contribution is -2.25. The van der Waals surface area contributed by atoms with E-state index in [2.05, 4.69) is 31.6 Å². The molecule has 0 atom stereocenters. The van der Waals surface area contributed by atoms with E-state index in [1.54, 1.807) is 44.4 Å². The average Bonchev–Trinajstić information content (AvgIpc) is 2.60. The van der Waals surface area contributed by atoms with Crippen LogP contribution in [0.4, 0.5) is 0 Å². The Kier molecular flexibility index (Phi) is 6.36. The van der Waals surface area contributed by atoms with Gasteiger partial charge in [-0.05, 0) is 59.7 Å². The molecule has 0 aromatic heterocycles. The lowest BCUT2D eigenvalue weighted by molar-refractivity contribution is 0.0827. The zero-order chi connectivity index (χ0) is 21.3. The van der Waals surface area contributed by atoms with Crippen LogP contribution in [0.25, 0.3) is 0 Å². The Labute approximate surface area is 168 Å². The van der Waals surface area contributed by atoms with Crippen LogP contribution >= 0.6 is 0 Å². The zero-order valence-corrected chi connectivity index (χ0v) is 18.6. The largest absolute Gasteiger partial charge is 0.345 e. The minimum absolute atomic E-state index is 0.0859. The first-order chi connectivity index (χ1) is 12.8. The van der Waals surface area contributed by atoms with Gasteiger partial charge in [0, 0.05) is 26.2 Å². The highest BCUT2D eigenvalue weighted by Crippen LogP contribution is 2.29. The molecule has 0 aliphatic rings. The van der Waals surface area contributed by atoms with Crippen LogP contribution in [0, 0.1) is 13.8 Å². The Morgan fingerprint density at radius 3 is 2.11 bits per heavy atom. The highest BCUT2D eigenvalue weighted by Gasteiger charge is 2.23. The van der Waals surface area contributed by atoms with Crippen LogP contribution in [-0.2, 0) is 22.0 Å². The number of hydrogen-bond donors (Lipinski definition) is 1. The summed E-state index contributed by atoms with van der Waals surface area (Å²) in [6.45, 7) is 10.1. The van der Waals surface area contributed by atoms with Gasteiger partial charge in [-0.25, -0.2) is 13.1 Å². The number of aryl methyl sites for hydroxylation is 1. The van der Waals surface area contributed by atoms with Crippen molar-refractivity contribution in [2.75, 3.05) is 14.1 Å². The number of amides is 1. The van der Waals surface area contributed by atoms with E-state index in [0.717, 1.165) is 22.3 Å². The van der Waals surface area contributed by atoms with Crippen molar-refractivity contribution in [1.82, 2.24) is 9.62 Å². The fourth-order valence-corrected chi connectivity index (χ4v) is 4.18. The smallest absolute Gasteiger partial charge is 0.253 e. The molecule has 0 unspecified atom stereocenters.